The first kappa shape index (κ1) is 16.2. The van der Waals surface area contributed by atoms with Crippen molar-refractivity contribution >= 4 is 50.0 Å². The van der Waals surface area contributed by atoms with E-state index in [9.17, 15) is 4.79 Å². The molecule has 0 aliphatic heterocycles. The lowest BCUT2D eigenvalue weighted by Crippen LogP contribution is -2.04. The van der Waals surface area contributed by atoms with Crippen LogP contribution in [0.5, 0.6) is 0 Å². The Hall–Kier alpha value is -2.26. The number of hydrogen-bond acceptors (Lipinski definition) is 3. The summed E-state index contributed by atoms with van der Waals surface area (Å²) in [6, 6.07) is 19.7. The molecule has 3 heteroatoms. The predicted molar refractivity (Wildman–Crippen MR) is 108 cm³/mol. The van der Waals surface area contributed by atoms with Crippen molar-refractivity contribution in [3.05, 3.63) is 60.2 Å². The molecule has 4 aromatic rings. The molecule has 2 nitrogen and oxygen atoms in total. The summed E-state index contributed by atoms with van der Waals surface area (Å²) in [7, 11) is 0. The number of hydrogen-bond donors (Lipinski definition) is 0. The molecule has 0 aliphatic rings. The summed E-state index contributed by atoms with van der Waals surface area (Å²) in [5.74, 6) is 0.337. The van der Waals surface area contributed by atoms with E-state index >= 15 is 0 Å². The molecule has 0 saturated heterocycles. The second-order valence-electron chi connectivity index (χ2n) is 6.36. The van der Waals surface area contributed by atoms with Crippen LogP contribution in [0.1, 0.15) is 18.4 Å². The minimum absolute atomic E-state index is 0.105. The fourth-order valence-corrected chi connectivity index (χ4v) is 3.88. The van der Waals surface area contributed by atoms with Crippen LogP contribution in [-0.2, 0) is 16.0 Å². The minimum Gasteiger partial charge on any atom is -0.455 e. The van der Waals surface area contributed by atoms with Crippen molar-refractivity contribution in [2.75, 3.05) is 12.2 Å². The third-order valence-electron chi connectivity index (χ3n) is 4.78. The zero-order valence-corrected chi connectivity index (χ0v) is 15.1. The third kappa shape index (κ3) is 3.05. The first-order chi connectivity index (χ1) is 12.3. The van der Waals surface area contributed by atoms with Crippen LogP contribution in [-0.4, -0.2) is 18.2 Å². The van der Waals surface area contributed by atoms with Gasteiger partial charge in [0.1, 0.15) is 5.94 Å². The van der Waals surface area contributed by atoms with Gasteiger partial charge in [-0.15, -0.1) is 11.8 Å². The number of carbonyl (C=O) groups excluding carboxylic acids is 1. The first-order valence-corrected chi connectivity index (χ1v) is 9.97. The minimum atomic E-state index is -0.105. The van der Waals surface area contributed by atoms with Crippen LogP contribution in [0.25, 0.3) is 32.3 Å². The summed E-state index contributed by atoms with van der Waals surface area (Å²) < 4.78 is 5.13. The Morgan fingerprint density at radius 3 is 2.36 bits per heavy atom. The Morgan fingerprint density at radius 2 is 1.60 bits per heavy atom. The number of benzene rings is 4. The molecule has 0 amide bonds. The molecule has 0 bridgehead atoms. The summed E-state index contributed by atoms with van der Waals surface area (Å²) in [5.41, 5.74) is 1.31. The van der Waals surface area contributed by atoms with Crippen molar-refractivity contribution in [1.82, 2.24) is 0 Å². The standard InChI is InChI=1S/C22H20O2S/c1-25-14-24-20(23)7-3-4-15-8-9-18-11-10-16-5-2-6-17-12-13-19(15)22(18)21(16)17/h2,5-6,8-13H,3-4,7,14H2,1H3. The average Bonchev–Trinajstić information content (AvgIpc) is 2.65. The Balaban J connectivity index is 1.67. The summed E-state index contributed by atoms with van der Waals surface area (Å²) in [6.45, 7) is 0. The average molecular weight is 348 g/mol. The van der Waals surface area contributed by atoms with E-state index in [0.717, 1.165) is 12.8 Å². The molecular formula is C22H20O2S. The maximum atomic E-state index is 11.7. The Morgan fingerprint density at radius 1 is 0.920 bits per heavy atom. The van der Waals surface area contributed by atoms with Crippen molar-refractivity contribution in [2.24, 2.45) is 0 Å². The number of esters is 1. The fraction of sp³-hybridized carbons (Fsp3) is 0.227. The number of rotatable bonds is 6. The molecule has 4 rings (SSSR count). The summed E-state index contributed by atoms with van der Waals surface area (Å²) in [6.07, 6.45) is 4.11. The lowest BCUT2D eigenvalue weighted by Gasteiger charge is -2.13. The van der Waals surface area contributed by atoms with Gasteiger partial charge in [-0.2, -0.15) is 0 Å². The third-order valence-corrected chi connectivity index (χ3v) is 5.14. The maximum Gasteiger partial charge on any atom is 0.306 e. The molecule has 0 aromatic heterocycles. The quantitative estimate of drug-likeness (QED) is 0.251. The van der Waals surface area contributed by atoms with E-state index < -0.39 is 0 Å². The normalized spacial score (nSPS) is 11.6. The van der Waals surface area contributed by atoms with Gasteiger partial charge in [-0.05, 0) is 57.0 Å². The highest BCUT2D eigenvalue weighted by molar-refractivity contribution is 7.98. The fourth-order valence-electron chi connectivity index (χ4n) is 3.63. The second-order valence-corrected chi connectivity index (χ2v) is 7.17. The van der Waals surface area contributed by atoms with Crippen LogP contribution in [0.2, 0.25) is 0 Å². The Bertz CT molecular complexity index is 1020. The van der Waals surface area contributed by atoms with E-state index in [1.165, 1.54) is 49.6 Å². The van der Waals surface area contributed by atoms with Crippen LogP contribution >= 0.6 is 11.8 Å². The zero-order chi connectivity index (χ0) is 17.2. The van der Waals surface area contributed by atoms with Gasteiger partial charge in [-0.25, -0.2) is 0 Å². The molecule has 0 saturated carbocycles. The largest absolute Gasteiger partial charge is 0.455 e. The molecule has 0 aliphatic carbocycles. The molecule has 0 fully saturated rings. The highest BCUT2D eigenvalue weighted by Gasteiger charge is 2.11. The van der Waals surface area contributed by atoms with Gasteiger partial charge in [0.05, 0.1) is 0 Å². The van der Waals surface area contributed by atoms with E-state index in [1.54, 1.807) is 0 Å². The SMILES string of the molecule is CSCOC(=O)CCCc1ccc2ccc3cccc4ccc1c2c34. The lowest BCUT2D eigenvalue weighted by atomic mass is 9.90. The summed E-state index contributed by atoms with van der Waals surface area (Å²) >= 11 is 1.52. The lowest BCUT2D eigenvalue weighted by molar-refractivity contribution is -0.141. The van der Waals surface area contributed by atoms with Gasteiger partial charge in [-0.1, -0.05) is 54.6 Å². The van der Waals surface area contributed by atoms with E-state index in [2.05, 4.69) is 54.6 Å². The van der Waals surface area contributed by atoms with Crippen LogP contribution in [0.3, 0.4) is 0 Å². The zero-order valence-electron chi connectivity index (χ0n) is 14.2. The molecule has 0 radical (unpaired) electrons. The van der Waals surface area contributed by atoms with Gasteiger partial charge in [-0.3, -0.25) is 4.79 Å². The molecule has 0 N–H and O–H groups in total. The van der Waals surface area contributed by atoms with Gasteiger partial charge >= 0.3 is 5.97 Å². The van der Waals surface area contributed by atoms with E-state index in [4.69, 9.17) is 4.74 Å². The Kier molecular flexibility index (Phi) is 4.50. The van der Waals surface area contributed by atoms with Crippen molar-refractivity contribution in [3.63, 3.8) is 0 Å². The maximum absolute atomic E-state index is 11.7. The first-order valence-electron chi connectivity index (χ1n) is 8.58. The summed E-state index contributed by atoms with van der Waals surface area (Å²) in [5, 5.41) is 7.85. The van der Waals surface area contributed by atoms with Crippen LogP contribution < -0.4 is 0 Å². The number of carbonyl (C=O) groups is 1. The second kappa shape index (κ2) is 6.93. The van der Waals surface area contributed by atoms with Crippen molar-refractivity contribution in [3.8, 4) is 0 Å². The molecule has 0 atom stereocenters. The van der Waals surface area contributed by atoms with E-state index in [0.29, 0.717) is 12.4 Å². The molecule has 0 spiro atoms. The topological polar surface area (TPSA) is 26.3 Å². The van der Waals surface area contributed by atoms with Gasteiger partial charge in [0, 0.05) is 6.42 Å². The highest BCUT2D eigenvalue weighted by atomic mass is 32.2. The highest BCUT2D eigenvalue weighted by Crippen LogP contribution is 2.36. The number of thioether (sulfide) groups is 1. The van der Waals surface area contributed by atoms with Gasteiger partial charge in [0.25, 0.3) is 0 Å². The monoisotopic (exact) mass is 348 g/mol. The van der Waals surface area contributed by atoms with Crippen molar-refractivity contribution in [1.29, 1.82) is 0 Å². The summed E-state index contributed by atoms with van der Waals surface area (Å²) in [4.78, 5) is 11.7. The number of aryl methyl sites for hydroxylation is 1. The van der Waals surface area contributed by atoms with E-state index in [1.807, 2.05) is 6.26 Å². The molecule has 25 heavy (non-hydrogen) atoms. The van der Waals surface area contributed by atoms with Crippen LogP contribution in [0.15, 0.2) is 54.6 Å². The van der Waals surface area contributed by atoms with Gasteiger partial charge in [0.15, 0.2) is 0 Å². The van der Waals surface area contributed by atoms with E-state index in [-0.39, 0.29) is 5.97 Å². The predicted octanol–water partition coefficient (Wildman–Crippen LogP) is 5.77. The number of ether oxygens (including phenoxy) is 1. The molecule has 126 valence electrons. The van der Waals surface area contributed by atoms with Gasteiger partial charge < -0.3 is 4.74 Å². The van der Waals surface area contributed by atoms with Crippen molar-refractivity contribution < 1.29 is 9.53 Å². The van der Waals surface area contributed by atoms with Crippen LogP contribution in [0.4, 0.5) is 0 Å². The molecular weight excluding hydrogens is 328 g/mol. The molecule has 0 unspecified atom stereocenters. The van der Waals surface area contributed by atoms with Crippen molar-refractivity contribution in [2.45, 2.75) is 19.3 Å². The van der Waals surface area contributed by atoms with Gasteiger partial charge in [0.2, 0.25) is 0 Å². The smallest absolute Gasteiger partial charge is 0.306 e. The Labute approximate surface area is 151 Å². The van der Waals surface area contributed by atoms with Crippen LogP contribution in [0, 0.1) is 0 Å². The molecule has 4 aromatic carbocycles. The molecule has 0 heterocycles.